The van der Waals surface area contributed by atoms with E-state index in [4.69, 9.17) is 4.52 Å². The van der Waals surface area contributed by atoms with Crippen molar-refractivity contribution in [2.24, 2.45) is 0 Å². The SMILES string of the molecule is O=C(Nc1cc(C(F)(F)F)c[nH]c1=O)c1cc(C2CC2)nc2onc(-c3ccccc3)c12. The molecule has 1 aromatic carbocycles. The highest BCUT2D eigenvalue weighted by Crippen LogP contribution is 2.41. The van der Waals surface area contributed by atoms with Gasteiger partial charge in [-0.1, -0.05) is 35.5 Å². The van der Waals surface area contributed by atoms with Crippen molar-refractivity contribution in [2.75, 3.05) is 5.32 Å². The number of halogens is 3. The normalized spacial score (nSPS) is 14.0. The number of aromatic nitrogens is 3. The van der Waals surface area contributed by atoms with E-state index in [0.717, 1.165) is 12.8 Å². The van der Waals surface area contributed by atoms with Gasteiger partial charge in [-0.2, -0.15) is 13.2 Å². The Balaban J connectivity index is 1.62. The number of amides is 1. The Morgan fingerprint density at radius 3 is 2.59 bits per heavy atom. The van der Waals surface area contributed by atoms with Crippen LogP contribution in [-0.2, 0) is 6.18 Å². The molecule has 2 N–H and O–H groups in total. The lowest BCUT2D eigenvalue weighted by molar-refractivity contribution is -0.137. The van der Waals surface area contributed by atoms with Gasteiger partial charge in [0, 0.05) is 23.4 Å². The monoisotopic (exact) mass is 440 g/mol. The van der Waals surface area contributed by atoms with Gasteiger partial charge >= 0.3 is 6.18 Å². The Morgan fingerprint density at radius 1 is 1.16 bits per heavy atom. The van der Waals surface area contributed by atoms with Crippen molar-refractivity contribution < 1.29 is 22.5 Å². The zero-order chi connectivity index (χ0) is 22.5. The summed E-state index contributed by atoms with van der Waals surface area (Å²) in [6.45, 7) is 0. The molecule has 32 heavy (non-hydrogen) atoms. The van der Waals surface area contributed by atoms with Crippen LogP contribution >= 0.6 is 0 Å². The van der Waals surface area contributed by atoms with Gasteiger partial charge in [-0.25, -0.2) is 4.98 Å². The van der Waals surface area contributed by atoms with E-state index >= 15 is 0 Å². The maximum Gasteiger partial charge on any atom is 0.417 e. The largest absolute Gasteiger partial charge is 0.417 e. The fourth-order valence-electron chi connectivity index (χ4n) is 3.46. The van der Waals surface area contributed by atoms with E-state index in [2.05, 4.69) is 15.5 Å². The Bertz CT molecular complexity index is 1390. The lowest BCUT2D eigenvalue weighted by Gasteiger charge is -2.10. The van der Waals surface area contributed by atoms with Crippen LogP contribution in [0.1, 0.15) is 40.4 Å². The standard InChI is InChI=1S/C22H15F3N4O3/c23-22(24,25)13-8-16(20(31)26-10-13)27-19(30)14-9-15(11-6-7-11)28-21-17(14)18(29-32-21)12-4-2-1-3-5-12/h1-5,8-11H,6-7H2,(H,26,31)(H,27,30). The van der Waals surface area contributed by atoms with E-state index in [1.807, 2.05) is 11.1 Å². The van der Waals surface area contributed by atoms with Crippen molar-refractivity contribution in [1.29, 1.82) is 0 Å². The number of rotatable bonds is 4. The number of alkyl halides is 3. The van der Waals surface area contributed by atoms with Crippen molar-refractivity contribution in [3.05, 3.63) is 75.8 Å². The zero-order valence-electron chi connectivity index (χ0n) is 16.4. The highest BCUT2D eigenvalue weighted by molar-refractivity contribution is 6.14. The summed E-state index contributed by atoms with van der Waals surface area (Å²) in [5.74, 6) is -0.585. The summed E-state index contributed by atoms with van der Waals surface area (Å²) in [5.41, 5.74) is -0.493. The number of carbonyl (C=O) groups excluding carboxylic acids is 1. The predicted molar refractivity (Wildman–Crippen MR) is 109 cm³/mol. The Kier molecular flexibility index (Phi) is 4.58. The molecule has 0 spiro atoms. The van der Waals surface area contributed by atoms with E-state index in [1.165, 1.54) is 0 Å². The number of nitrogens with zero attached hydrogens (tertiary/aromatic N) is 2. The van der Waals surface area contributed by atoms with Gasteiger partial charge in [-0.15, -0.1) is 0 Å². The second-order valence-electron chi connectivity index (χ2n) is 7.53. The average Bonchev–Trinajstić information content (AvgIpc) is 3.53. The maximum atomic E-state index is 13.2. The molecule has 0 radical (unpaired) electrons. The lowest BCUT2D eigenvalue weighted by Crippen LogP contribution is -2.22. The van der Waals surface area contributed by atoms with E-state index < -0.39 is 28.9 Å². The number of pyridine rings is 2. The Labute approximate surface area is 178 Å². The summed E-state index contributed by atoms with van der Waals surface area (Å²) >= 11 is 0. The third-order valence-corrected chi connectivity index (χ3v) is 5.23. The first kappa shape index (κ1) is 20.0. The highest BCUT2D eigenvalue weighted by atomic mass is 19.4. The molecule has 7 nitrogen and oxygen atoms in total. The third-order valence-electron chi connectivity index (χ3n) is 5.23. The molecule has 3 aromatic heterocycles. The van der Waals surface area contributed by atoms with E-state index in [9.17, 15) is 22.8 Å². The minimum atomic E-state index is -4.68. The molecular weight excluding hydrogens is 425 g/mol. The fourth-order valence-corrected chi connectivity index (χ4v) is 3.46. The average molecular weight is 440 g/mol. The molecule has 10 heteroatoms. The minimum Gasteiger partial charge on any atom is -0.335 e. The molecule has 0 aliphatic heterocycles. The number of benzene rings is 1. The predicted octanol–water partition coefficient (Wildman–Crippen LogP) is 4.73. The number of H-pyrrole nitrogens is 1. The number of anilines is 1. The van der Waals surface area contributed by atoms with Gasteiger partial charge in [0.1, 0.15) is 11.4 Å². The first-order chi connectivity index (χ1) is 15.3. The molecule has 0 atom stereocenters. The molecular formula is C22H15F3N4O3. The van der Waals surface area contributed by atoms with Crippen LogP contribution in [0.2, 0.25) is 0 Å². The van der Waals surface area contributed by atoms with Crippen LogP contribution in [0.4, 0.5) is 18.9 Å². The second-order valence-corrected chi connectivity index (χ2v) is 7.53. The summed E-state index contributed by atoms with van der Waals surface area (Å²) in [7, 11) is 0. The first-order valence-electron chi connectivity index (χ1n) is 9.78. The molecule has 0 saturated heterocycles. The second kappa shape index (κ2) is 7.33. The van der Waals surface area contributed by atoms with Gasteiger partial charge in [0.15, 0.2) is 0 Å². The molecule has 5 rings (SSSR count). The number of fused-ring (bicyclic) bond motifs is 1. The third kappa shape index (κ3) is 3.64. The van der Waals surface area contributed by atoms with Gasteiger partial charge in [-0.05, 0) is 25.0 Å². The number of hydrogen-bond donors (Lipinski definition) is 2. The molecule has 162 valence electrons. The Hall–Kier alpha value is -3.95. The van der Waals surface area contributed by atoms with Gasteiger partial charge in [-0.3, -0.25) is 9.59 Å². The fraction of sp³-hybridized carbons (Fsp3) is 0.182. The van der Waals surface area contributed by atoms with Crippen LogP contribution in [0, 0.1) is 0 Å². The summed E-state index contributed by atoms with van der Waals surface area (Å²) < 4.78 is 44.5. The number of aromatic amines is 1. The van der Waals surface area contributed by atoms with Crippen LogP contribution < -0.4 is 10.9 Å². The first-order valence-corrected chi connectivity index (χ1v) is 9.78. The summed E-state index contributed by atoms with van der Waals surface area (Å²) in [6.07, 6.45) is -2.30. The quantitative estimate of drug-likeness (QED) is 0.478. The summed E-state index contributed by atoms with van der Waals surface area (Å²) in [5, 5.41) is 6.69. The molecule has 1 fully saturated rings. The minimum absolute atomic E-state index is 0.119. The molecule has 1 amide bonds. The number of nitrogens with one attached hydrogen (secondary N) is 2. The van der Waals surface area contributed by atoms with Crippen molar-refractivity contribution >= 4 is 22.7 Å². The van der Waals surface area contributed by atoms with E-state index in [-0.39, 0.29) is 17.2 Å². The zero-order valence-corrected chi connectivity index (χ0v) is 16.4. The van der Waals surface area contributed by atoms with Gasteiger partial charge in [0.05, 0.1) is 16.5 Å². The van der Waals surface area contributed by atoms with Crippen molar-refractivity contribution in [2.45, 2.75) is 24.9 Å². The van der Waals surface area contributed by atoms with Crippen LogP contribution in [0.25, 0.3) is 22.4 Å². The molecule has 1 aliphatic carbocycles. The molecule has 4 aromatic rings. The van der Waals surface area contributed by atoms with Crippen molar-refractivity contribution in [3.8, 4) is 11.3 Å². The molecule has 1 aliphatic rings. The lowest BCUT2D eigenvalue weighted by atomic mass is 10.0. The van der Waals surface area contributed by atoms with E-state index in [1.54, 1.807) is 30.3 Å². The summed E-state index contributed by atoms with van der Waals surface area (Å²) in [4.78, 5) is 31.7. The van der Waals surface area contributed by atoms with Crippen LogP contribution in [-0.4, -0.2) is 21.0 Å². The molecule has 3 heterocycles. The van der Waals surface area contributed by atoms with Crippen LogP contribution in [0.15, 0.2) is 58.0 Å². The molecule has 1 saturated carbocycles. The number of carbonyl (C=O) groups is 1. The van der Waals surface area contributed by atoms with Crippen molar-refractivity contribution in [3.63, 3.8) is 0 Å². The van der Waals surface area contributed by atoms with Crippen LogP contribution in [0.3, 0.4) is 0 Å². The van der Waals surface area contributed by atoms with Gasteiger partial charge < -0.3 is 14.8 Å². The maximum absolute atomic E-state index is 13.2. The Morgan fingerprint density at radius 2 is 1.91 bits per heavy atom. The van der Waals surface area contributed by atoms with Crippen LogP contribution in [0.5, 0.6) is 0 Å². The topological polar surface area (TPSA) is 101 Å². The van der Waals surface area contributed by atoms with Gasteiger partial charge in [0.25, 0.3) is 17.2 Å². The van der Waals surface area contributed by atoms with Gasteiger partial charge in [0.2, 0.25) is 0 Å². The smallest absolute Gasteiger partial charge is 0.335 e. The highest BCUT2D eigenvalue weighted by Gasteiger charge is 2.32. The molecule has 0 bridgehead atoms. The summed E-state index contributed by atoms with van der Waals surface area (Å²) in [6, 6.07) is 11.2. The van der Waals surface area contributed by atoms with E-state index in [0.29, 0.717) is 34.6 Å². The van der Waals surface area contributed by atoms with Crippen molar-refractivity contribution in [1.82, 2.24) is 15.1 Å². The number of hydrogen-bond acceptors (Lipinski definition) is 5. The molecule has 0 unspecified atom stereocenters.